The first-order valence-corrected chi connectivity index (χ1v) is 5.34. The van der Waals surface area contributed by atoms with Crippen molar-refractivity contribution in [2.24, 2.45) is 0 Å². The number of nitrogens with zero attached hydrogens (tertiary/aromatic N) is 2. The lowest BCUT2D eigenvalue weighted by atomic mass is 10.1. The van der Waals surface area contributed by atoms with E-state index in [0.29, 0.717) is 0 Å². The first-order valence-electron chi connectivity index (χ1n) is 4.55. The van der Waals surface area contributed by atoms with Crippen LogP contribution >= 0.6 is 15.9 Å². The highest BCUT2D eigenvalue weighted by atomic mass is 79.9. The second-order valence-electron chi connectivity index (χ2n) is 3.15. The van der Waals surface area contributed by atoms with Crippen LogP contribution < -0.4 is 0 Å². The van der Waals surface area contributed by atoms with E-state index in [4.69, 9.17) is 0 Å². The molecule has 6 nitrogen and oxygen atoms in total. The molecule has 0 atom stereocenters. The fourth-order valence-electron chi connectivity index (χ4n) is 1.31. The van der Waals surface area contributed by atoms with Crippen molar-refractivity contribution in [1.82, 2.24) is 4.98 Å². The van der Waals surface area contributed by atoms with Crippen LogP contribution in [0.5, 0.6) is 0 Å². The summed E-state index contributed by atoms with van der Waals surface area (Å²) in [4.78, 5) is 24.4. The highest BCUT2D eigenvalue weighted by Crippen LogP contribution is 2.36. The average Bonchev–Trinajstić information content (AvgIpc) is 2.29. The zero-order valence-corrected chi connectivity index (χ0v) is 10.6. The molecule has 18 heavy (non-hydrogen) atoms. The molecule has 98 valence electrons. The Morgan fingerprint density at radius 2 is 2.28 bits per heavy atom. The number of halogens is 3. The van der Waals surface area contributed by atoms with Gasteiger partial charge in [-0.3, -0.25) is 14.9 Å². The molecule has 9 heteroatoms. The fourth-order valence-corrected chi connectivity index (χ4v) is 1.77. The van der Waals surface area contributed by atoms with Gasteiger partial charge in [0.15, 0.2) is 4.60 Å². The Bertz CT molecular complexity index is 496. The Labute approximate surface area is 108 Å². The normalized spacial score (nSPS) is 10.5. The first kappa shape index (κ1) is 14.4. The average molecular weight is 325 g/mol. The summed E-state index contributed by atoms with van der Waals surface area (Å²) in [6.45, 7) is 0. The molecule has 0 aliphatic heterocycles. The number of methoxy groups -OCH3 is 1. The van der Waals surface area contributed by atoms with Gasteiger partial charge in [-0.05, 0) is 21.5 Å². The number of alkyl halides is 2. The van der Waals surface area contributed by atoms with Crippen molar-refractivity contribution in [3.63, 3.8) is 0 Å². The number of hydrogen-bond donors (Lipinski definition) is 0. The Morgan fingerprint density at radius 1 is 1.67 bits per heavy atom. The lowest BCUT2D eigenvalue weighted by Crippen LogP contribution is -2.10. The number of pyridine rings is 1. The van der Waals surface area contributed by atoms with E-state index in [1.807, 2.05) is 0 Å². The second kappa shape index (κ2) is 5.80. The lowest BCUT2D eigenvalue weighted by molar-refractivity contribution is -0.387. The van der Waals surface area contributed by atoms with Crippen LogP contribution in [-0.4, -0.2) is 23.0 Å². The van der Waals surface area contributed by atoms with Crippen LogP contribution in [0, 0.1) is 10.1 Å². The van der Waals surface area contributed by atoms with E-state index >= 15 is 0 Å². The molecule has 0 saturated carbocycles. The number of nitro groups is 1. The van der Waals surface area contributed by atoms with Gasteiger partial charge >= 0.3 is 11.7 Å². The predicted molar refractivity (Wildman–Crippen MR) is 59.3 cm³/mol. The van der Waals surface area contributed by atoms with Gasteiger partial charge in [0.2, 0.25) is 0 Å². The molecule has 0 bridgehead atoms. The zero-order chi connectivity index (χ0) is 13.9. The van der Waals surface area contributed by atoms with Gasteiger partial charge in [-0.2, -0.15) is 0 Å². The Morgan fingerprint density at radius 3 is 2.72 bits per heavy atom. The van der Waals surface area contributed by atoms with Crippen LogP contribution in [0.2, 0.25) is 0 Å². The molecule has 1 rings (SSSR count). The SMILES string of the molecule is COC(=O)Cc1cnc(Br)c([N+](=O)[O-])c1C(F)F. The van der Waals surface area contributed by atoms with Gasteiger partial charge in [0, 0.05) is 6.20 Å². The van der Waals surface area contributed by atoms with Gasteiger partial charge in [-0.25, -0.2) is 13.8 Å². The molecule has 0 aliphatic carbocycles. The van der Waals surface area contributed by atoms with Gasteiger partial charge in [-0.15, -0.1) is 0 Å². The summed E-state index contributed by atoms with van der Waals surface area (Å²) in [5.74, 6) is -0.782. The number of ether oxygens (including phenoxy) is 1. The Kier molecular flexibility index (Phi) is 4.65. The molecule has 0 N–H and O–H groups in total. The van der Waals surface area contributed by atoms with E-state index in [2.05, 4.69) is 25.7 Å². The maximum absolute atomic E-state index is 12.9. The summed E-state index contributed by atoms with van der Waals surface area (Å²) in [5, 5.41) is 10.7. The number of aromatic nitrogens is 1. The summed E-state index contributed by atoms with van der Waals surface area (Å²) in [7, 11) is 1.09. The maximum Gasteiger partial charge on any atom is 0.311 e. The molecule has 0 unspecified atom stereocenters. The summed E-state index contributed by atoms with van der Waals surface area (Å²) in [5.41, 5.74) is -1.90. The molecule has 0 fully saturated rings. The number of esters is 1. The van der Waals surface area contributed by atoms with Crippen molar-refractivity contribution in [2.45, 2.75) is 12.8 Å². The number of carbonyl (C=O) groups is 1. The van der Waals surface area contributed by atoms with Gasteiger partial charge in [-0.1, -0.05) is 0 Å². The molecule has 0 aromatic carbocycles. The standard InChI is InChI=1S/C9H7BrF2N2O4/c1-18-5(15)2-4-3-13-8(10)7(14(16)17)6(4)9(11)12/h3,9H,2H2,1H3. The van der Waals surface area contributed by atoms with Crippen LogP contribution in [0.3, 0.4) is 0 Å². The molecule has 0 amide bonds. The molecule has 0 saturated heterocycles. The third-order valence-electron chi connectivity index (χ3n) is 2.09. The zero-order valence-electron chi connectivity index (χ0n) is 9.02. The summed E-state index contributed by atoms with van der Waals surface area (Å²) >= 11 is 2.73. The van der Waals surface area contributed by atoms with E-state index in [9.17, 15) is 23.7 Å². The summed E-state index contributed by atoms with van der Waals surface area (Å²) in [6, 6.07) is 0. The minimum Gasteiger partial charge on any atom is -0.469 e. The highest BCUT2D eigenvalue weighted by Gasteiger charge is 2.30. The lowest BCUT2D eigenvalue weighted by Gasteiger charge is -2.08. The summed E-state index contributed by atoms with van der Waals surface area (Å²) < 4.78 is 29.8. The number of carbonyl (C=O) groups excluding carboxylic acids is 1. The first-order chi connectivity index (χ1) is 8.38. The summed E-state index contributed by atoms with van der Waals surface area (Å²) in [6.07, 6.45) is -2.61. The molecule has 0 radical (unpaired) electrons. The minimum absolute atomic E-state index is 0.230. The molecular formula is C9H7BrF2N2O4. The molecule has 0 spiro atoms. The molecule has 1 heterocycles. The number of hydrogen-bond acceptors (Lipinski definition) is 5. The van der Waals surface area contributed by atoms with E-state index < -0.39 is 35.0 Å². The molecule has 1 aromatic heterocycles. The van der Waals surface area contributed by atoms with Crippen molar-refractivity contribution >= 4 is 27.6 Å². The van der Waals surface area contributed by atoms with Crippen LogP contribution in [0.25, 0.3) is 0 Å². The maximum atomic E-state index is 12.9. The Balaban J connectivity index is 3.39. The quantitative estimate of drug-likeness (QED) is 0.367. The predicted octanol–water partition coefficient (Wildman–Crippen LogP) is 2.41. The van der Waals surface area contributed by atoms with Gasteiger partial charge < -0.3 is 4.74 Å². The van der Waals surface area contributed by atoms with Crippen LogP contribution in [0.4, 0.5) is 14.5 Å². The van der Waals surface area contributed by atoms with E-state index in [-0.39, 0.29) is 10.2 Å². The van der Waals surface area contributed by atoms with E-state index in [1.54, 1.807) is 0 Å². The number of rotatable bonds is 4. The van der Waals surface area contributed by atoms with Gasteiger partial charge in [0.05, 0.1) is 18.5 Å². The van der Waals surface area contributed by atoms with Crippen molar-refractivity contribution in [2.75, 3.05) is 7.11 Å². The smallest absolute Gasteiger partial charge is 0.311 e. The highest BCUT2D eigenvalue weighted by molar-refractivity contribution is 9.10. The minimum atomic E-state index is -3.09. The van der Waals surface area contributed by atoms with Crippen molar-refractivity contribution in [3.05, 3.63) is 32.0 Å². The third kappa shape index (κ3) is 2.97. The molecule has 1 aromatic rings. The van der Waals surface area contributed by atoms with Crippen molar-refractivity contribution in [1.29, 1.82) is 0 Å². The second-order valence-corrected chi connectivity index (χ2v) is 3.90. The Hall–Kier alpha value is -1.64. The van der Waals surface area contributed by atoms with Crippen LogP contribution in [-0.2, 0) is 16.0 Å². The van der Waals surface area contributed by atoms with Crippen molar-refractivity contribution in [3.8, 4) is 0 Å². The fraction of sp³-hybridized carbons (Fsp3) is 0.333. The van der Waals surface area contributed by atoms with E-state index in [0.717, 1.165) is 13.3 Å². The van der Waals surface area contributed by atoms with Gasteiger partial charge in [0.1, 0.15) is 5.56 Å². The van der Waals surface area contributed by atoms with Gasteiger partial charge in [0.25, 0.3) is 6.43 Å². The van der Waals surface area contributed by atoms with Crippen LogP contribution in [0.1, 0.15) is 17.6 Å². The third-order valence-corrected chi connectivity index (χ3v) is 2.67. The molecule has 0 aliphatic rings. The molecular weight excluding hydrogens is 318 g/mol. The largest absolute Gasteiger partial charge is 0.469 e. The van der Waals surface area contributed by atoms with E-state index in [1.165, 1.54) is 0 Å². The van der Waals surface area contributed by atoms with Crippen LogP contribution in [0.15, 0.2) is 10.8 Å². The van der Waals surface area contributed by atoms with Crippen molar-refractivity contribution < 1.29 is 23.2 Å². The monoisotopic (exact) mass is 324 g/mol. The topological polar surface area (TPSA) is 82.3 Å².